The first kappa shape index (κ1) is 15.4. The van der Waals surface area contributed by atoms with Gasteiger partial charge >= 0.3 is 0 Å². The Hall–Kier alpha value is -0.610. The zero-order valence-corrected chi connectivity index (χ0v) is 11.2. The van der Waals surface area contributed by atoms with Crippen molar-refractivity contribution in [1.29, 1.82) is 0 Å². The third-order valence-corrected chi connectivity index (χ3v) is 2.54. The molecular formula is C12H26N2O2. The second-order valence-corrected chi connectivity index (χ2v) is 4.73. The molecule has 96 valence electrons. The van der Waals surface area contributed by atoms with Gasteiger partial charge < -0.3 is 15.4 Å². The van der Waals surface area contributed by atoms with Crippen LogP contribution >= 0.6 is 0 Å². The standard InChI is InChI=1S/C12H26N2O2/c1-6-12(4,5)14-11(15)8-13-10(3)9-16-7-2/h10,13H,6-9H2,1-5H3,(H,14,15). The van der Waals surface area contributed by atoms with Gasteiger partial charge in [-0.25, -0.2) is 0 Å². The van der Waals surface area contributed by atoms with Gasteiger partial charge in [0.15, 0.2) is 0 Å². The zero-order valence-electron chi connectivity index (χ0n) is 11.2. The molecule has 4 nitrogen and oxygen atoms in total. The number of hydrogen-bond donors (Lipinski definition) is 2. The minimum atomic E-state index is -0.123. The summed E-state index contributed by atoms with van der Waals surface area (Å²) < 4.78 is 5.26. The maximum Gasteiger partial charge on any atom is 0.234 e. The molecule has 0 radical (unpaired) electrons. The highest BCUT2D eigenvalue weighted by atomic mass is 16.5. The molecule has 2 N–H and O–H groups in total. The van der Waals surface area contributed by atoms with Crippen molar-refractivity contribution in [3.63, 3.8) is 0 Å². The van der Waals surface area contributed by atoms with Gasteiger partial charge in [-0.2, -0.15) is 0 Å². The van der Waals surface area contributed by atoms with Crippen LogP contribution in [0.25, 0.3) is 0 Å². The molecule has 4 heteroatoms. The predicted octanol–water partition coefficient (Wildman–Crippen LogP) is 1.31. The normalized spacial score (nSPS) is 13.6. The monoisotopic (exact) mass is 230 g/mol. The highest BCUT2D eigenvalue weighted by molar-refractivity contribution is 5.78. The van der Waals surface area contributed by atoms with E-state index < -0.39 is 0 Å². The summed E-state index contributed by atoms with van der Waals surface area (Å²) in [6.07, 6.45) is 0.924. The quantitative estimate of drug-likeness (QED) is 0.661. The number of carbonyl (C=O) groups is 1. The topological polar surface area (TPSA) is 50.4 Å². The van der Waals surface area contributed by atoms with Crippen LogP contribution in [-0.2, 0) is 9.53 Å². The van der Waals surface area contributed by atoms with E-state index >= 15 is 0 Å². The predicted molar refractivity (Wildman–Crippen MR) is 66.5 cm³/mol. The van der Waals surface area contributed by atoms with Gasteiger partial charge in [-0.05, 0) is 34.1 Å². The second kappa shape index (κ2) is 7.63. The molecule has 0 saturated carbocycles. The summed E-state index contributed by atoms with van der Waals surface area (Å²) in [6, 6.07) is 0.204. The van der Waals surface area contributed by atoms with Gasteiger partial charge in [0, 0.05) is 18.2 Å². The van der Waals surface area contributed by atoms with E-state index in [1.807, 2.05) is 27.7 Å². The molecule has 0 bridgehead atoms. The first-order chi connectivity index (χ1) is 7.41. The summed E-state index contributed by atoms with van der Waals surface area (Å²) in [4.78, 5) is 11.6. The van der Waals surface area contributed by atoms with Gasteiger partial charge in [-0.1, -0.05) is 6.92 Å². The summed E-state index contributed by atoms with van der Waals surface area (Å²) in [5.74, 6) is 0.0372. The minimum absolute atomic E-state index is 0.0372. The van der Waals surface area contributed by atoms with Crippen molar-refractivity contribution in [1.82, 2.24) is 10.6 Å². The Labute approximate surface area is 99.1 Å². The van der Waals surface area contributed by atoms with Crippen LogP contribution in [0.3, 0.4) is 0 Å². The van der Waals surface area contributed by atoms with E-state index in [1.165, 1.54) is 0 Å². The van der Waals surface area contributed by atoms with E-state index in [9.17, 15) is 4.79 Å². The van der Waals surface area contributed by atoms with E-state index in [0.29, 0.717) is 19.8 Å². The average Bonchev–Trinajstić information content (AvgIpc) is 2.23. The summed E-state index contributed by atoms with van der Waals surface area (Å²) >= 11 is 0. The summed E-state index contributed by atoms with van der Waals surface area (Å²) in [5, 5.41) is 6.10. The molecule has 0 aromatic rings. The lowest BCUT2D eigenvalue weighted by molar-refractivity contribution is -0.122. The molecule has 0 heterocycles. The van der Waals surface area contributed by atoms with E-state index in [1.54, 1.807) is 0 Å². The summed E-state index contributed by atoms with van der Waals surface area (Å²) in [6.45, 7) is 11.8. The Bertz CT molecular complexity index is 205. The van der Waals surface area contributed by atoms with E-state index in [-0.39, 0.29) is 17.5 Å². The first-order valence-electron chi connectivity index (χ1n) is 6.03. The lowest BCUT2D eigenvalue weighted by Gasteiger charge is -2.25. The number of nitrogens with one attached hydrogen (secondary N) is 2. The zero-order chi connectivity index (χ0) is 12.6. The van der Waals surface area contributed by atoms with Crippen molar-refractivity contribution < 1.29 is 9.53 Å². The molecule has 1 atom stereocenters. The van der Waals surface area contributed by atoms with Crippen LogP contribution in [0.15, 0.2) is 0 Å². The van der Waals surface area contributed by atoms with Crippen molar-refractivity contribution >= 4 is 5.91 Å². The van der Waals surface area contributed by atoms with Crippen molar-refractivity contribution in [2.75, 3.05) is 19.8 Å². The SMILES string of the molecule is CCOCC(C)NCC(=O)NC(C)(C)CC. The molecule has 0 aromatic heterocycles. The third kappa shape index (κ3) is 7.65. The van der Waals surface area contributed by atoms with Crippen molar-refractivity contribution in [2.45, 2.75) is 52.6 Å². The molecule has 1 amide bonds. The van der Waals surface area contributed by atoms with Crippen LogP contribution in [0.4, 0.5) is 0 Å². The van der Waals surface area contributed by atoms with E-state index in [4.69, 9.17) is 4.74 Å². The number of hydrogen-bond acceptors (Lipinski definition) is 3. The Morgan fingerprint density at radius 1 is 1.38 bits per heavy atom. The maximum absolute atomic E-state index is 11.6. The highest BCUT2D eigenvalue weighted by Gasteiger charge is 2.17. The Morgan fingerprint density at radius 2 is 2.00 bits per heavy atom. The lowest BCUT2D eigenvalue weighted by Crippen LogP contribution is -2.48. The molecule has 16 heavy (non-hydrogen) atoms. The number of ether oxygens (including phenoxy) is 1. The molecule has 0 aliphatic rings. The second-order valence-electron chi connectivity index (χ2n) is 4.73. The smallest absolute Gasteiger partial charge is 0.234 e. The fourth-order valence-corrected chi connectivity index (χ4v) is 1.13. The number of rotatable bonds is 8. The van der Waals surface area contributed by atoms with Gasteiger partial charge in [0.2, 0.25) is 5.91 Å². The van der Waals surface area contributed by atoms with E-state index in [2.05, 4.69) is 17.6 Å². The van der Waals surface area contributed by atoms with Gasteiger partial charge in [0.1, 0.15) is 0 Å². The Kier molecular flexibility index (Phi) is 7.34. The molecule has 0 saturated heterocycles. The number of carbonyl (C=O) groups excluding carboxylic acids is 1. The Morgan fingerprint density at radius 3 is 2.50 bits per heavy atom. The first-order valence-corrected chi connectivity index (χ1v) is 6.03. The molecule has 0 aliphatic heterocycles. The summed E-state index contributed by atoms with van der Waals surface area (Å²) in [7, 11) is 0. The van der Waals surface area contributed by atoms with Crippen LogP contribution < -0.4 is 10.6 Å². The maximum atomic E-state index is 11.6. The highest BCUT2D eigenvalue weighted by Crippen LogP contribution is 2.05. The van der Waals surface area contributed by atoms with Crippen LogP contribution in [0.2, 0.25) is 0 Å². The molecule has 0 spiro atoms. The summed E-state index contributed by atoms with van der Waals surface area (Å²) in [5.41, 5.74) is -0.123. The van der Waals surface area contributed by atoms with Crippen molar-refractivity contribution in [3.05, 3.63) is 0 Å². The third-order valence-electron chi connectivity index (χ3n) is 2.54. The van der Waals surface area contributed by atoms with E-state index in [0.717, 1.165) is 6.42 Å². The molecule has 0 aromatic carbocycles. The molecular weight excluding hydrogens is 204 g/mol. The fourth-order valence-electron chi connectivity index (χ4n) is 1.13. The van der Waals surface area contributed by atoms with Gasteiger partial charge in [-0.15, -0.1) is 0 Å². The molecule has 0 rings (SSSR count). The van der Waals surface area contributed by atoms with Crippen LogP contribution in [0.1, 0.15) is 41.0 Å². The van der Waals surface area contributed by atoms with Crippen LogP contribution in [0.5, 0.6) is 0 Å². The molecule has 0 fully saturated rings. The fraction of sp³-hybridized carbons (Fsp3) is 0.917. The lowest BCUT2D eigenvalue weighted by atomic mass is 10.0. The minimum Gasteiger partial charge on any atom is -0.380 e. The van der Waals surface area contributed by atoms with Gasteiger partial charge in [0.25, 0.3) is 0 Å². The van der Waals surface area contributed by atoms with Crippen molar-refractivity contribution in [3.8, 4) is 0 Å². The molecule has 0 aliphatic carbocycles. The van der Waals surface area contributed by atoms with Gasteiger partial charge in [-0.3, -0.25) is 4.79 Å². The van der Waals surface area contributed by atoms with Gasteiger partial charge in [0.05, 0.1) is 13.2 Å². The van der Waals surface area contributed by atoms with Crippen molar-refractivity contribution in [2.24, 2.45) is 0 Å². The number of amides is 1. The molecule has 1 unspecified atom stereocenters. The largest absolute Gasteiger partial charge is 0.380 e. The Balaban J connectivity index is 3.73. The average molecular weight is 230 g/mol. The van der Waals surface area contributed by atoms with Crippen LogP contribution in [-0.4, -0.2) is 37.2 Å². The van der Waals surface area contributed by atoms with Crippen LogP contribution in [0, 0.1) is 0 Å².